The summed E-state index contributed by atoms with van der Waals surface area (Å²) in [6.07, 6.45) is 1.44. The fraction of sp³-hybridized carbons (Fsp3) is 0.200. The van der Waals surface area contributed by atoms with E-state index in [1.54, 1.807) is 11.8 Å². The number of hydrogen-bond acceptors (Lipinski definition) is 4. The van der Waals surface area contributed by atoms with Crippen LogP contribution in [0.15, 0.2) is 30.6 Å². The van der Waals surface area contributed by atoms with Gasteiger partial charge in [-0.15, -0.1) is 0 Å². The van der Waals surface area contributed by atoms with Crippen molar-refractivity contribution < 1.29 is 4.74 Å². The summed E-state index contributed by atoms with van der Waals surface area (Å²) in [7, 11) is 1.64. The minimum absolute atomic E-state index is 0.404. The molecular weight excluding hydrogens is 192 g/mol. The highest BCUT2D eigenvalue weighted by molar-refractivity contribution is 5.34. The van der Waals surface area contributed by atoms with Crippen LogP contribution in [-0.2, 0) is 6.54 Å². The number of hydrogen-bond donors (Lipinski definition) is 1. The van der Waals surface area contributed by atoms with Crippen molar-refractivity contribution in [3.63, 3.8) is 0 Å². The topological polar surface area (TPSA) is 66.0 Å². The van der Waals surface area contributed by atoms with Gasteiger partial charge < -0.3 is 10.5 Å². The average Bonchev–Trinajstić information content (AvgIpc) is 2.65. The van der Waals surface area contributed by atoms with Crippen molar-refractivity contribution in [2.45, 2.75) is 6.54 Å². The molecular formula is C10H12N4O. The van der Waals surface area contributed by atoms with Crippen molar-refractivity contribution in [1.82, 2.24) is 14.8 Å². The minimum atomic E-state index is 0.404. The molecule has 0 unspecified atom stereocenters. The molecule has 0 aliphatic carbocycles. The maximum Gasteiger partial charge on any atom is 0.218 e. The van der Waals surface area contributed by atoms with Crippen molar-refractivity contribution in [3.8, 4) is 5.75 Å². The lowest BCUT2D eigenvalue weighted by Crippen LogP contribution is -2.07. The fourth-order valence-electron chi connectivity index (χ4n) is 1.39. The lowest BCUT2D eigenvalue weighted by molar-refractivity contribution is 0.407. The van der Waals surface area contributed by atoms with Crippen LogP contribution in [0.25, 0.3) is 0 Å². The monoisotopic (exact) mass is 204 g/mol. The highest BCUT2D eigenvalue weighted by atomic mass is 16.5. The molecule has 0 aliphatic heterocycles. The summed E-state index contributed by atoms with van der Waals surface area (Å²) < 4.78 is 6.85. The molecule has 1 aromatic heterocycles. The summed E-state index contributed by atoms with van der Waals surface area (Å²) in [5.41, 5.74) is 6.65. The Morgan fingerprint density at radius 3 is 2.87 bits per heavy atom. The second kappa shape index (κ2) is 4.00. The van der Waals surface area contributed by atoms with E-state index in [2.05, 4.69) is 10.1 Å². The molecule has 0 bridgehead atoms. The lowest BCUT2D eigenvalue weighted by atomic mass is 10.2. The summed E-state index contributed by atoms with van der Waals surface area (Å²) in [6, 6.07) is 7.75. The second-order valence-corrected chi connectivity index (χ2v) is 3.09. The molecule has 0 fully saturated rings. The van der Waals surface area contributed by atoms with Gasteiger partial charge in [0.15, 0.2) is 0 Å². The van der Waals surface area contributed by atoms with Crippen LogP contribution in [-0.4, -0.2) is 21.9 Å². The van der Waals surface area contributed by atoms with Gasteiger partial charge in [-0.25, -0.2) is 9.67 Å². The Bertz CT molecular complexity index is 452. The molecule has 0 atom stereocenters. The van der Waals surface area contributed by atoms with Gasteiger partial charge in [-0.05, 0) is 6.07 Å². The zero-order valence-corrected chi connectivity index (χ0v) is 8.42. The summed E-state index contributed by atoms with van der Waals surface area (Å²) in [5.74, 6) is 1.23. The number of methoxy groups -OCH3 is 1. The third-order valence-electron chi connectivity index (χ3n) is 2.16. The van der Waals surface area contributed by atoms with Crippen molar-refractivity contribution in [1.29, 1.82) is 0 Å². The zero-order valence-electron chi connectivity index (χ0n) is 8.42. The largest absolute Gasteiger partial charge is 0.496 e. The van der Waals surface area contributed by atoms with E-state index < -0.39 is 0 Å². The number of ether oxygens (including phenoxy) is 1. The number of nitrogen functional groups attached to an aromatic ring is 1. The Morgan fingerprint density at radius 2 is 2.20 bits per heavy atom. The van der Waals surface area contributed by atoms with E-state index in [9.17, 15) is 0 Å². The zero-order chi connectivity index (χ0) is 10.7. The van der Waals surface area contributed by atoms with Crippen molar-refractivity contribution in [2.24, 2.45) is 0 Å². The lowest BCUT2D eigenvalue weighted by Gasteiger charge is -2.08. The molecule has 5 heteroatoms. The first-order valence-corrected chi connectivity index (χ1v) is 4.56. The second-order valence-electron chi connectivity index (χ2n) is 3.09. The summed E-state index contributed by atoms with van der Waals surface area (Å²) in [4.78, 5) is 3.86. The van der Waals surface area contributed by atoms with E-state index >= 15 is 0 Å². The van der Waals surface area contributed by atoms with Crippen molar-refractivity contribution in [2.75, 3.05) is 12.8 Å². The van der Waals surface area contributed by atoms with Crippen LogP contribution in [0.3, 0.4) is 0 Å². The first kappa shape index (κ1) is 9.51. The molecule has 0 amide bonds. The average molecular weight is 204 g/mol. The molecule has 2 rings (SSSR count). The molecule has 1 aromatic carbocycles. The Kier molecular flexibility index (Phi) is 2.53. The van der Waals surface area contributed by atoms with Gasteiger partial charge in [0.2, 0.25) is 5.95 Å². The molecule has 2 aromatic rings. The number of benzene rings is 1. The van der Waals surface area contributed by atoms with Crippen molar-refractivity contribution in [3.05, 3.63) is 36.2 Å². The van der Waals surface area contributed by atoms with Gasteiger partial charge in [-0.1, -0.05) is 18.2 Å². The molecule has 2 N–H and O–H groups in total. The van der Waals surface area contributed by atoms with Crippen LogP contribution in [0.5, 0.6) is 5.75 Å². The van der Waals surface area contributed by atoms with Gasteiger partial charge in [0.1, 0.15) is 12.1 Å². The molecule has 0 radical (unpaired) electrons. The summed E-state index contributed by atoms with van der Waals surface area (Å²) >= 11 is 0. The third-order valence-corrected chi connectivity index (χ3v) is 2.16. The van der Waals surface area contributed by atoms with Gasteiger partial charge in [0, 0.05) is 5.56 Å². The van der Waals surface area contributed by atoms with Gasteiger partial charge in [-0.2, -0.15) is 5.10 Å². The van der Waals surface area contributed by atoms with E-state index in [1.807, 2.05) is 24.3 Å². The fourth-order valence-corrected chi connectivity index (χ4v) is 1.39. The molecule has 5 nitrogen and oxygen atoms in total. The first-order valence-electron chi connectivity index (χ1n) is 4.56. The normalized spacial score (nSPS) is 10.2. The van der Waals surface area contributed by atoms with Crippen LogP contribution in [0.2, 0.25) is 0 Å². The predicted octanol–water partition coefficient (Wildman–Crippen LogP) is 0.917. The Labute approximate surface area is 87.5 Å². The number of nitrogens with two attached hydrogens (primary N) is 1. The minimum Gasteiger partial charge on any atom is -0.496 e. The van der Waals surface area contributed by atoms with E-state index in [4.69, 9.17) is 10.5 Å². The van der Waals surface area contributed by atoms with E-state index in [-0.39, 0.29) is 0 Å². The molecule has 0 saturated carbocycles. The van der Waals surface area contributed by atoms with Crippen molar-refractivity contribution >= 4 is 5.95 Å². The highest BCUT2D eigenvalue weighted by Crippen LogP contribution is 2.18. The molecule has 0 saturated heterocycles. The molecule has 1 heterocycles. The first-order chi connectivity index (χ1) is 7.31. The van der Waals surface area contributed by atoms with Crippen LogP contribution >= 0.6 is 0 Å². The SMILES string of the molecule is COc1ccccc1Cn1ncnc1N. The third kappa shape index (κ3) is 1.90. The summed E-state index contributed by atoms with van der Waals surface area (Å²) in [6.45, 7) is 0.565. The quantitative estimate of drug-likeness (QED) is 0.807. The molecule has 78 valence electrons. The van der Waals surface area contributed by atoms with Gasteiger partial charge >= 0.3 is 0 Å². The smallest absolute Gasteiger partial charge is 0.218 e. The molecule has 0 spiro atoms. The van der Waals surface area contributed by atoms with Gasteiger partial charge in [0.25, 0.3) is 0 Å². The Morgan fingerprint density at radius 1 is 1.40 bits per heavy atom. The number of anilines is 1. The maximum absolute atomic E-state index is 5.63. The van der Waals surface area contributed by atoms with E-state index in [1.165, 1.54) is 6.33 Å². The highest BCUT2D eigenvalue weighted by Gasteiger charge is 2.05. The number of para-hydroxylation sites is 1. The number of nitrogens with zero attached hydrogens (tertiary/aromatic N) is 3. The predicted molar refractivity (Wildman–Crippen MR) is 56.5 cm³/mol. The summed E-state index contributed by atoms with van der Waals surface area (Å²) in [5, 5.41) is 4.01. The maximum atomic E-state index is 5.63. The molecule has 0 aliphatic rings. The standard InChI is InChI=1S/C10H12N4O/c1-15-9-5-3-2-4-8(9)6-14-10(11)12-7-13-14/h2-5,7H,6H2,1H3,(H2,11,12,13). The van der Waals surface area contributed by atoms with Crippen LogP contribution in [0, 0.1) is 0 Å². The van der Waals surface area contributed by atoms with Crippen LogP contribution < -0.4 is 10.5 Å². The number of rotatable bonds is 3. The molecule has 15 heavy (non-hydrogen) atoms. The van der Waals surface area contributed by atoms with Crippen LogP contribution in [0.4, 0.5) is 5.95 Å². The van der Waals surface area contributed by atoms with Gasteiger partial charge in [0.05, 0.1) is 13.7 Å². The van der Waals surface area contributed by atoms with Gasteiger partial charge in [-0.3, -0.25) is 0 Å². The van der Waals surface area contributed by atoms with E-state index in [0.29, 0.717) is 12.5 Å². The van der Waals surface area contributed by atoms with Crippen LogP contribution in [0.1, 0.15) is 5.56 Å². The Balaban J connectivity index is 2.28. The number of aromatic nitrogens is 3. The van der Waals surface area contributed by atoms with E-state index in [0.717, 1.165) is 11.3 Å². The Hall–Kier alpha value is -2.04.